The first-order valence-electron chi connectivity index (χ1n) is 2.54. The Bertz CT molecular complexity index is 175. The van der Waals surface area contributed by atoms with E-state index in [-0.39, 0.29) is 12.3 Å². The largest absolute Gasteiger partial charge is 0.256 e. The zero-order valence-corrected chi connectivity index (χ0v) is 3.34. The molecule has 0 aliphatic heterocycles. The van der Waals surface area contributed by atoms with Crippen LogP contribution in [0.25, 0.3) is 0 Å². The summed E-state index contributed by atoms with van der Waals surface area (Å²) >= 11 is 0. The minimum Gasteiger partial charge on any atom is -0.256 e. The van der Waals surface area contributed by atoms with Gasteiger partial charge in [-0.2, -0.15) is 0 Å². The summed E-state index contributed by atoms with van der Waals surface area (Å²) in [5, 5.41) is 6.72. The van der Waals surface area contributed by atoms with Gasteiger partial charge < -0.3 is 0 Å². The molecule has 0 saturated carbocycles. The molecule has 0 bridgehead atoms. The van der Waals surface area contributed by atoms with E-state index >= 15 is 0 Å². The Morgan fingerprint density at radius 3 is 3.00 bits per heavy atom. The van der Waals surface area contributed by atoms with E-state index in [0.717, 1.165) is 0 Å². The minimum absolute atomic E-state index is 0.0463. The second-order valence-electron chi connectivity index (χ2n) is 0.937. The number of aryl methyl sites for hydroxylation is 1. The number of hydrogen-bond acceptors (Lipinski definition) is 2. The molecule has 0 aliphatic carbocycles. The van der Waals surface area contributed by atoms with Crippen LogP contribution in [0.5, 0.6) is 0 Å². The minimum atomic E-state index is -0.0764. The number of nitrogens with zero attached hydrogens (tertiary/aromatic N) is 3. The van der Waals surface area contributed by atoms with Gasteiger partial charge in [-0.25, -0.2) is 0 Å². The topological polar surface area (TPSA) is 30.7 Å². The fraction of sp³-hybridized carbons (Fsp3) is 0.333. The third-order valence-electron chi connectivity index (χ3n) is 0.441. The average Bonchev–Trinajstić information content (AvgIpc) is 1.98. The van der Waals surface area contributed by atoms with Crippen molar-refractivity contribution in [2.75, 3.05) is 0 Å². The van der Waals surface area contributed by atoms with Crippen LogP contribution < -0.4 is 0 Å². The zero-order valence-electron chi connectivity index (χ0n) is 5.34. The van der Waals surface area contributed by atoms with Gasteiger partial charge in [0.05, 0.1) is 8.91 Å². The van der Waals surface area contributed by atoms with E-state index in [2.05, 4.69) is 10.3 Å². The van der Waals surface area contributed by atoms with Crippen LogP contribution in [0, 0.1) is 0 Å². The fourth-order valence-electron chi connectivity index (χ4n) is 0.207. The van der Waals surface area contributed by atoms with E-state index in [1.807, 2.05) is 0 Å². The standard InChI is InChI=1S/C3H5N3/c1-6-3-2-4-5-6/h2-3H,1H3/i2D,3D. The van der Waals surface area contributed by atoms with Crippen LogP contribution in [0.4, 0.5) is 0 Å². The third-order valence-corrected chi connectivity index (χ3v) is 0.441. The van der Waals surface area contributed by atoms with Crippen molar-refractivity contribution in [1.29, 1.82) is 0 Å². The molecule has 32 valence electrons. The molecule has 3 nitrogen and oxygen atoms in total. The van der Waals surface area contributed by atoms with Gasteiger partial charge in [-0.05, 0) is 0 Å². The average molecular weight is 85.1 g/mol. The summed E-state index contributed by atoms with van der Waals surface area (Å²) in [5.41, 5.74) is 0. The SMILES string of the molecule is [2H]c1nnn(C)c1[2H]. The lowest BCUT2D eigenvalue weighted by Gasteiger charge is -1.74. The van der Waals surface area contributed by atoms with E-state index in [1.165, 1.54) is 4.68 Å². The van der Waals surface area contributed by atoms with Gasteiger partial charge in [0, 0.05) is 13.2 Å². The lowest BCUT2D eigenvalue weighted by molar-refractivity contribution is 0.715. The van der Waals surface area contributed by atoms with Crippen molar-refractivity contribution in [2.24, 2.45) is 7.05 Å². The normalized spacial score (nSPS) is 13.5. The molecule has 0 spiro atoms. The Morgan fingerprint density at radius 1 is 2.00 bits per heavy atom. The number of hydrogen-bond donors (Lipinski definition) is 0. The van der Waals surface area contributed by atoms with E-state index < -0.39 is 0 Å². The summed E-state index contributed by atoms with van der Waals surface area (Å²) in [6, 6.07) is 0. The van der Waals surface area contributed by atoms with Crippen LogP contribution in [-0.4, -0.2) is 15.0 Å². The molecule has 0 radical (unpaired) electrons. The Balaban J connectivity index is 3.19. The second kappa shape index (κ2) is 1.08. The molecule has 6 heavy (non-hydrogen) atoms. The lowest BCUT2D eigenvalue weighted by atomic mass is 10.9. The second-order valence-corrected chi connectivity index (χ2v) is 0.937. The van der Waals surface area contributed by atoms with Crippen molar-refractivity contribution < 1.29 is 2.74 Å². The van der Waals surface area contributed by atoms with E-state index in [4.69, 9.17) is 2.74 Å². The quantitative estimate of drug-likeness (QED) is 0.437. The molecule has 0 N–H and O–H groups in total. The Labute approximate surface area is 38.4 Å². The van der Waals surface area contributed by atoms with Crippen molar-refractivity contribution in [1.82, 2.24) is 15.0 Å². The maximum absolute atomic E-state index is 6.97. The predicted octanol–water partition coefficient (Wildman–Crippen LogP) is -0.185. The summed E-state index contributed by atoms with van der Waals surface area (Å²) in [6.07, 6.45) is -0.0301. The molecule has 0 aromatic carbocycles. The molecule has 1 aromatic heterocycles. The molecule has 0 aliphatic rings. The van der Waals surface area contributed by atoms with Crippen LogP contribution in [0.3, 0.4) is 0 Å². The number of aromatic nitrogens is 3. The summed E-state index contributed by atoms with van der Waals surface area (Å²) in [4.78, 5) is 0. The van der Waals surface area contributed by atoms with Crippen LogP contribution in [0.2, 0.25) is 0 Å². The monoisotopic (exact) mass is 85.1 g/mol. The molecule has 3 heteroatoms. The predicted molar refractivity (Wildman–Crippen MR) is 21.0 cm³/mol. The lowest BCUT2D eigenvalue weighted by Crippen LogP contribution is -1.85. The molecule has 1 aromatic rings. The summed E-state index contributed by atoms with van der Waals surface area (Å²) in [5.74, 6) is 0. The molecular weight excluding hydrogens is 78.1 g/mol. The molecule has 0 atom stereocenters. The molecular formula is C3H5N3. The highest BCUT2D eigenvalue weighted by Crippen LogP contribution is 1.66. The van der Waals surface area contributed by atoms with Crippen LogP contribution in [0.15, 0.2) is 12.3 Å². The first kappa shape index (κ1) is 1.73. The van der Waals surface area contributed by atoms with Gasteiger partial charge in [0.1, 0.15) is 0 Å². The van der Waals surface area contributed by atoms with Gasteiger partial charge in [-0.3, -0.25) is 4.68 Å². The molecule has 0 saturated heterocycles. The van der Waals surface area contributed by atoms with Crippen molar-refractivity contribution in [3.63, 3.8) is 0 Å². The maximum atomic E-state index is 6.97. The molecule has 0 fully saturated rings. The maximum Gasteiger partial charge on any atom is 0.0877 e. The Kier molecular flexibility index (Phi) is 0.312. The summed E-state index contributed by atoms with van der Waals surface area (Å²) in [7, 11) is 1.58. The smallest absolute Gasteiger partial charge is 0.0877 e. The molecule has 1 heterocycles. The van der Waals surface area contributed by atoms with Gasteiger partial charge in [0.15, 0.2) is 0 Å². The highest BCUT2D eigenvalue weighted by molar-refractivity contribution is 4.59. The molecule has 1 rings (SSSR count). The first-order chi connectivity index (χ1) is 3.72. The first-order valence-corrected chi connectivity index (χ1v) is 1.54. The summed E-state index contributed by atoms with van der Waals surface area (Å²) < 4.78 is 15.1. The van der Waals surface area contributed by atoms with E-state index in [0.29, 0.717) is 0 Å². The van der Waals surface area contributed by atoms with Gasteiger partial charge >= 0.3 is 0 Å². The van der Waals surface area contributed by atoms with Crippen molar-refractivity contribution in [3.05, 3.63) is 12.3 Å². The van der Waals surface area contributed by atoms with Crippen LogP contribution in [-0.2, 0) is 7.05 Å². The number of rotatable bonds is 0. The van der Waals surface area contributed by atoms with Gasteiger partial charge in [-0.1, -0.05) is 5.21 Å². The van der Waals surface area contributed by atoms with Gasteiger partial charge in [0.2, 0.25) is 0 Å². The third kappa shape index (κ3) is 0.381. The zero-order chi connectivity index (χ0) is 6.15. The van der Waals surface area contributed by atoms with E-state index in [1.54, 1.807) is 7.05 Å². The van der Waals surface area contributed by atoms with Crippen LogP contribution >= 0.6 is 0 Å². The molecule has 0 unspecified atom stereocenters. The molecule has 0 amide bonds. The fourth-order valence-corrected chi connectivity index (χ4v) is 0.207. The van der Waals surface area contributed by atoms with Crippen molar-refractivity contribution in [3.8, 4) is 0 Å². The Hall–Kier alpha value is -0.860. The van der Waals surface area contributed by atoms with E-state index in [9.17, 15) is 0 Å². The Morgan fingerprint density at radius 2 is 2.83 bits per heavy atom. The van der Waals surface area contributed by atoms with Crippen molar-refractivity contribution >= 4 is 0 Å². The highest BCUT2D eigenvalue weighted by atomic mass is 15.4. The summed E-state index contributed by atoms with van der Waals surface area (Å²) in [6.45, 7) is 0. The van der Waals surface area contributed by atoms with Gasteiger partial charge in [-0.15, -0.1) is 5.10 Å². The van der Waals surface area contributed by atoms with Crippen LogP contribution in [0.1, 0.15) is 2.74 Å². The van der Waals surface area contributed by atoms with Gasteiger partial charge in [0.25, 0.3) is 0 Å². The highest BCUT2D eigenvalue weighted by Gasteiger charge is 1.70. The van der Waals surface area contributed by atoms with Crippen molar-refractivity contribution in [2.45, 2.75) is 0 Å².